The van der Waals surface area contributed by atoms with Crippen LogP contribution in [0.15, 0.2) is 0 Å². The van der Waals surface area contributed by atoms with Gasteiger partial charge in [-0.1, -0.05) is 0 Å². The van der Waals surface area contributed by atoms with E-state index in [1.54, 1.807) is 0 Å². The van der Waals surface area contributed by atoms with Crippen LogP contribution in [-0.2, 0) is 9.47 Å². The van der Waals surface area contributed by atoms with Crippen molar-refractivity contribution in [1.82, 2.24) is 9.80 Å². The Bertz CT molecular complexity index is 127. The molecule has 0 unspecified atom stereocenters. The Balaban J connectivity index is 1.69. The summed E-state index contributed by atoms with van der Waals surface area (Å²) in [5.41, 5.74) is 0. The Labute approximate surface area is 79.4 Å². The van der Waals surface area contributed by atoms with E-state index in [9.17, 15) is 0 Å². The minimum Gasteiger partial charge on any atom is -0.379 e. The maximum atomic E-state index is 5.30. The first-order valence-corrected chi connectivity index (χ1v) is 5.05. The lowest BCUT2D eigenvalue weighted by Gasteiger charge is -2.34. The van der Waals surface area contributed by atoms with E-state index in [4.69, 9.17) is 9.47 Å². The summed E-state index contributed by atoms with van der Waals surface area (Å²) in [5.74, 6) is 0. The van der Waals surface area contributed by atoms with E-state index >= 15 is 0 Å². The summed E-state index contributed by atoms with van der Waals surface area (Å²) in [5, 5.41) is 0. The molecular formula is C9H18N2O2. The number of nitrogens with zero attached hydrogens (tertiary/aromatic N) is 2. The first kappa shape index (κ1) is 9.40. The molecule has 2 rings (SSSR count). The Kier molecular flexibility index (Phi) is 3.55. The van der Waals surface area contributed by atoms with Crippen molar-refractivity contribution < 1.29 is 9.47 Å². The Morgan fingerprint density at radius 3 is 1.46 bits per heavy atom. The molecule has 2 fully saturated rings. The summed E-state index contributed by atoms with van der Waals surface area (Å²) in [6.45, 7) is 8.99. The fraction of sp³-hybridized carbons (Fsp3) is 1.00. The molecule has 2 heterocycles. The summed E-state index contributed by atoms with van der Waals surface area (Å²) >= 11 is 0. The first-order chi connectivity index (χ1) is 6.45. The van der Waals surface area contributed by atoms with Crippen LogP contribution < -0.4 is 0 Å². The second-order valence-corrected chi connectivity index (χ2v) is 3.60. The molecule has 2 aliphatic heterocycles. The molecule has 0 radical (unpaired) electrons. The predicted molar refractivity (Wildman–Crippen MR) is 49.7 cm³/mol. The van der Waals surface area contributed by atoms with Crippen molar-refractivity contribution in [3.63, 3.8) is 0 Å². The van der Waals surface area contributed by atoms with Gasteiger partial charge in [0.1, 0.15) is 0 Å². The van der Waals surface area contributed by atoms with Gasteiger partial charge in [-0.2, -0.15) is 0 Å². The fourth-order valence-electron chi connectivity index (χ4n) is 1.77. The zero-order valence-corrected chi connectivity index (χ0v) is 8.07. The molecule has 0 aromatic rings. The first-order valence-electron chi connectivity index (χ1n) is 5.05. The highest BCUT2D eigenvalue weighted by atomic mass is 16.5. The van der Waals surface area contributed by atoms with E-state index in [2.05, 4.69) is 9.80 Å². The van der Waals surface area contributed by atoms with Crippen LogP contribution in [0, 0.1) is 0 Å². The molecule has 2 saturated heterocycles. The molecule has 0 spiro atoms. The van der Waals surface area contributed by atoms with Crippen molar-refractivity contribution in [2.24, 2.45) is 0 Å². The average Bonchev–Trinajstić information content (AvgIpc) is 2.21. The average molecular weight is 186 g/mol. The molecule has 4 heteroatoms. The molecule has 13 heavy (non-hydrogen) atoms. The number of hydrogen-bond acceptors (Lipinski definition) is 4. The van der Waals surface area contributed by atoms with Crippen LogP contribution in [0.2, 0.25) is 0 Å². The number of morpholine rings is 2. The van der Waals surface area contributed by atoms with Crippen LogP contribution in [0.25, 0.3) is 0 Å². The monoisotopic (exact) mass is 186 g/mol. The summed E-state index contributed by atoms with van der Waals surface area (Å²) in [6, 6.07) is 0. The summed E-state index contributed by atoms with van der Waals surface area (Å²) in [7, 11) is 0. The highest BCUT2D eigenvalue weighted by Gasteiger charge is 2.16. The SMILES string of the molecule is C1CN(CN2CCOCC2)CCO1. The van der Waals surface area contributed by atoms with Gasteiger partial charge >= 0.3 is 0 Å². The van der Waals surface area contributed by atoms with Crippen molar-refractivity contribution in [3.05, 3.63) is 0 Å². The highest BCUT2D eigenvalue weighted by molar-refractivity contribution is 4.66. The molecule has 4 nitrogen and oxygen atoms in total. The van der Waals surface area contributed by atoms with E-state index in [1.165, 1.54) is 0 Å². The minimum atomic E-state index is 0.893. The van der Waals surface area contributed by atoms with Gasteiger partial charge in [0.25, 0.3) is 0 Å². The predicted octanol–water partition coefficient (Wildman–Crippen LogP) is -0.392. The van der Waals surface area contributed by atoms with Crippen molar-refractivity contribution in [2.45, 2.75) is 0 Å². The molecule has 0 bridgehead atoms. The maximum Gasteiger partial charge on any atom is 0.0594 e. The molecule has 76 valence electrons. The van der Waals surface area contributed by atoms with Gasteiger partial charge in [0.15, 0.2) is 0 Å². The summed E-state index contributed by atoms with van der Waals surface area (Å²) in [6.07, 6.45) is 0. The zero-order chi connectivity index (χ0) is 8.93. The van der Waals surface area contributed by atoms with Gasteiger partial charge in [0.2, 0.25) is 0 Å². The molecule has 0 atom stereocenters. The van der Waals surface area contributed by atoms with E-state index in [-0.39, 0.29) is 0 Å². The number of ether oxygens (including phenoxy) is 2. The van der Waals surface area contributed by atoms with Crippen LogP contribution in [0.3, 0.4) is 0 Å². The Morgan fingerprint density at radius 1 is 0.692 bits per heavy atom. The lowest BCUT2D eigenvalue weighted by atomic mass is 10.4. The minimum absolute atomic E-state index is 0.893. The third kappa shape index (κ3) is 2.91. The topological polar surface area (TPSA) is 24.9 Å². The standard InChI is InChI=1S/C9H18N2O2/c1-5-12-6-2-10(1)9-11-3-7-13-8-4-11/h1-9H2. The van der Waals surface area contributed by atoms with Crippen molar-refractivity contribution >= 4 is 0 Å². The normalized spacial score (nSPS) is 27.7. The quantitative estimate of drug-likeness (QED) is 0.586. The Morgan fingerprint density at radius 2 is 1.08 bits per heavy atom. The van der Waals surface area contributed by atoms with Gasteiger partial charge in [-0.25, -0.2) is 0 Å². The zero-order valence-electron chi connectivity index (χ0n) is 8.07. The van der Waals surface area contributed by atoms with Crippen molar-refractivity contribution in [2.75, 3.05) is 59.3 Å². The lowest BCUT2D eigenvalue weighted by molar-refractivity contribution is -0.0229. The van der Waals surface area contributed by atoms with Crippen LogP contribution in [0.4, 0.5) is 0 Å². The molecule has 0 amide bonds. The van der Waals surface area contributed by atoms with Gasteiger partial charge in [0.05, 0.1) is 33.1 Å². The third-order valence-corrected chi connectivity index (χ3v) is 2.61. The second kappa shape index (κ2) is 4.91. The third-order valence-electron chi connectivity index (χ3n) is 2.61. The van der Waals surface area contributed by atoms with Gasteiger partial charge in [-0.05, 0) is 0 Å². The highest BCUT2D eigenvalue weighted by Crippen LogP contribution is 2.02. The Hall–Kier alpha value is -0.160. The fourth-order valence-corrected chi connectivity index (χ4v) is 1.77. The molecule has 2 aliphatic rings. The van der Waals surface area contributed by atoms with E-state index in [1.807, 2.05) is 0 Å². The van der Waals surface area contributed by atoms with Gasteiger partial charge in [0, 0.05) is 26.2 Å². The second-order valence-electron chi connectivity index (χ2n) is 3.60. The van der Waals surface area contributed by atoms with E-state index in [0.717, 1.165) is 59.3 Å². The molecule has 0 aromatic heterocycles. The molecule has 0 saturated carbocycles. The molecular weight excluding hydrogens is 168 g/mol. The lowest BCUT2D eigenvalue weighted by Crippen LogP contribution is -2.47. The van der Waals surface area contributed by atoms with Crippen LogP contribution in [-0.4, -0.2) is 69.1 Å². The molecule has 0 aromatic carbocycles. The van der Waals surface area contributed by atoms with Crippen LogP contribution >= 0.6 is 0 Å². The van der Waals surface area contributed by atoms with Crippen molar-refractivity contribution in [3.8, 4) is 0 Å². The molecule has 0 aliphatic carbocycles. The smallest absolute Gasteiger partial charge is 0.0594 e. The maximum absolute atomic E-state index is 5.30. The van der Waals surface area contributed by atoms with Crippen LogP contribution in [0.1, 0.15) is 0 Å². The van der Waals surface area contributed by atoms with Gasteiger partial charge < -0.3 is 9.47 Å². The summed E-state index contributed by atoms with van der Waals surface area (Å²) < 4.78 is 10.6. The number of rotatable bonds is 2. The molecule has 0 N–H and O–H groups in total. The number of hydrogen-bond donors (Lipinski definition) is 0. The van der Waals surface area contributed by atoms with E-state index < -0.39 is 0 Å². The largest absolute Gasteiger partial charge is 0.379 e. The van der Waals surface area contributed by atoms with Crippen molar-refractivity contribution in [1.29, 1.82) is 0 Å². The summed E-state index contributed by atoms with van der Waals surface area (Å²) in [4.78, 5) is 4.91. The van der Waals surface area contributed by atoms with Gasteiger partial charge in [-0.3, -0.25) is 9.80 Å². The van der Waals surface area contributed by atoms with E-state index in [0.29, 0.717) is 0 Å². The van der Waals surface area contributed by atoms with Crippen LogP contribution in [0.5, 0.6) is 0 Å². The van der Waals surface area contributed by atoms with Gasteiger partial charge in [-0.15, -0.1) is 0 Å².